The molecule has 3 heteroatoms. The lowest BCUT2D eigenvalue weighted by atomic mass is 10.2. The number of rotatable bonds is 7. The smallest absolute Gasteiger partial charge is 0.108 e. The SMILES string of the molecule is CCN(CC1CC1)CC(C#N)NC(C)C. The largest absolute Gasteiger partial charge is 0.301 e. The van der Waals surface area contributed by atoms with Gasteiger partial charge in [0, 0.05) is 19.1 Å². The molecule has 0 saturated heterocycles. The Balaban J connectivity index is 2.30. The molecule has 15 heavy (non-hydrogen) atoms. The highest BCUT2D eigenvalue weighted by Gasteiger charge is 2.24. The summed E-state index contributed by atoms with van der Waals surface area (Å²) in [6, 6.07) is 2.70. The van der Waals surface area contributed by atoms with E-state index in [-0.39, 0.29) is 6.04 Å². The predicted molar refractivity (Wildman–Crippen MR) is 62.5 cm³/mol. The third kappa shape index (κ3) is 5.15. The van der Waals surface area contributed by atoms with Gasteiger partial charge in [0.05, 0.1) is 6.07 Å². The van der Waals surface area contributed by atoms with Gasteiger partial charge in [-0.15, -0.1) is 0 Å². The first kappa shape index (κ1) is 12.5. The van der Waals surface area contributed by atoms with Crippen LogP contribution in [0.5, 0.6) is 0 Å². The number of nitrogens with zero attached hydrogens (tertiary/aromatic N) is 2. The van der Waals surface area contributed by atoms with E-state index in [0.29, 0.717) is 6.04 Å². The van der Waals surface area contributed by atoms with E-state index in [4.69, 9.17) is 5.26 Å². The topological polar surface area (TPSA) is 39.1 Å². The Kier molecular flexibility index (Phi) is 5.07. The maximum Gasteiger partial charge on any atom is 0.108 e. The maximum atomic E-state index is 9.03. The lowest BCUT2D eigenvalue weighted by molar-refractivity contribution is 0.256. The molecule has 0 heterocycles. The molecule has 0 aromatic rings. The molecule has 1 N–H and O–H groups in total. The van der Waals surface area contributed by atoms with E-state index >= 15 is 0 Å². The van der Waals surface area contributed by atoms with Gasteiger partial charge in [0.15, 0.2) is 0 Å². The normalized spacial score (nSPS) is 18.1. The Morgan fingerprint density at radius 2 is 2.13 bits per heavy atom. The number of likely N-dealkylation sites (N-methyl/N-ethyl adjacent to an activating group) is 1. The third-order valence-electron chi connectivity index (χ3n) is 2.79. The summed E-state index contributed by atoms with van der Waals surface area (Å²) in [4.78, 5) is 2.39. The number of hydrogen-bond donors (Lipinski definition) is 1. The fourth-order valence-electron chi connectivity index (χ4n) is 1.79. The predicted octanol–water partition coefficient (Wildman–Crippen LogP) is 1.61. The first-order chi connectivity index (χ1) is 7.15. The molecule has 0 spiro atoms. The maximum absolute atomic E-state index is 9.03. The minimum absolute atomic E-state index is 0.0244. The van der Waals surface area contributed by atoms with Gasteiger partial charge >= 0.3 is 0 Å². The van der Waals surface area contributed by atoms with Gasteiger partial charge in [-0.3, -0.25) is 5.32 Å². The molecule has 1 rings (SSSR count). The summed E-state index contributed by atoms with van der Waals surface area (Å²) in [7, 11) is 0. The lowest BCUT2D eigenvalue weighted by Crippen LogP contribution is -2.43. The molecule has 86 valence electrons. The Morgan fingerprint density at radius 1 is 1.47 bits per heavy atom. The zero-order valence-corrected chi connectivity index (χ0v) is 10.2. The van der Waals surface area contributed by atoms with E-state index in [9.17, 15) is 0 Å². The van der Waals surface area contributed by atoms with Gasteiger partial charge in [0.25, 0.3) is 0 Å². The van der Waals surface area contributed by atoms with Crippen LogP contribution in [0.1, 0.15) is 33.6 Å². The summed E-state index contributed by atoms with van der Waals surface area (Å²) in [6.45, 7) is 9.43. The molecule has 0 radical (unpaired) electrons. The van der Waals surface area contributed by atoms with E-state index in [2.05, 4.69) is 37.1 Å². The zero-order valence-electron chi connectivity index (χ0n) is 10.2. The van der Waals surface area contributed by atoms with Crippen LogP contribution in [-0.4, -0.2) is 36.6 Å². The van der Waals surface area contributed by atoms with Crippen molar-refractivity contribution >= 4 is 0 Å². The van der Waals surface area contributed by atoms with Crippen molar-refractivity contribution in [3.8, 4) is 6.07 Å². The molecular weight excluding hydrogens is 186 g/mol. The van der Waals surface area contributed by atoms with Gasteiger partial charge in [-0.25, -0.2) is 0 Å². The second-order valence-electron chi connectivity index (χ2n) is 4.80. The molecule has 1 atom stereocenters. The van der Waals surface area contributed by atoms with Crippen LogP contribution in [0.3, 0.4) is 0 Å². The fourth-order valence-corrected chi connectivity index (χ4v) is 1.79. The molecule has 0 aromatic carbocycles. The van der Waals surface area contributed by atoms with Crippen molar-refractivity contribution < 1.29 is 0 Å². The number of nitrogens with one attached hydrogen (secondary N) is 1. The summed E-state index contributed by atoms with van der Waals surface area (Å²) in [5.41, 5.74) is 0. The minimum atomic E-state index is -0.0244. The average Bonchev–Trinajstić information content (AvgIpc) is 2.98. The van der Waals surface area contributed by atoms with Gasteiger partial charge in [-0.1, -0.05) is 6.92 Å². The van der Waals surface area contributed by atoms with E-state index in [1.165, 1.54) is 19.4 Å². The van der Waals surface area contributed by atoms with Gasteiger partial charge in [-0.2, -0.15) is 5.26 Å². The second kappa shape index (κ2) is 6.09. The summed E-state index contributed by atoms with van der Waals surface area (Å²) in [5.74, 6) is 0.906. The van der Waals surface area contributed by atoms with Crippen LogP contribution in [0.25, 0.3) is 0 Å². The Hall–Kier alpha value is -0.590. The summed E-state index contributed by atoms with van der Waals surface area (Å²) in [6.07, 6.45) is 2.76. The molecule has 0 bridgehead atoms. The molecule has 1 aliphatic rings. The lowest BCUT2D eigenvalue weighted by Gasteiger charge is -2.24. The highest BCUT2D eigenvalue weighted by atomic mass is 15.2. The molecular formula is C12H23N3. The molecule has 1 aliphatic carbocycles. The van der Waals surface area contributed by atoms with Gasteiger partial charge in [-0.05, 0) is 39.2 Å². The van der Waals surface area contributed by atoms with Crippen molar-refractivity contribution in [1.82, 2.24) is 10.2 Å². The monoisotopic (exact) mass is 209 g/mol. The number of nitriles is 1. The molecule has 0 aromatic heterocycles. The van der Waals surface area contributed by atoms with Crippen LogP contribution in [0, 0.1) is 17.2 Å². The van der Waals surface area contributed by atoms with E-state index in [1.54, 1.807) is 0 Å². The van der Waals surface area contributed by atoms with Crippen LogP contribution < -0.4 is 5.32 Å². The van der Waals surface area contributed by atoms with Crippen molar-refractivity contribution in [1.29, 1.82) is 5.26 Å². The quantitative estimate of drug-likeness (QED) is 0.692. The van der Waals surface area contributed by atoms with Gasteiger partial charge < -0.3 is 4.90 Å². The van der Waals surface area contributed by atoms with Crippen molar-refractivity contribution in [3.05, 3.63) is 0 Å². The molecule has 1 fully saturated rings. The van der Waals surface area contributed by atoms with Gasteiger partial charge in [0.1, 0.15) is 6.04 Å². The fraction of sp³-hybridized carbons (Fsp3) is 0.917. The third-order valence-corrected chi connectivity index (χ3v) is 2.79. The van der Waals surface area contributed by atoms with Crippen LogP contribution in [0.15, 0.2) is 0 Å². The summed E-state index contributed by atoms with van der Waals surface area (Å²) in [5, 5.41) is 12.3. The molecule has 3 nitrogen and oxygen atoms in total. The van der Waals surface area contributed by atoms with Gasteiger partial charge in [0.2, 0.25) is 0 Å². The van der Waals surface area contributed by atoms with E-state index in [0.717, 1.165) is 19.0 Å². The molecule has 0 amide bonds. The van der Waals surface area contributed by atoms with Crippen molar-refractivity contribution in [3.63, 3.8) is 0 Å². The zero-order chi connectivity index (χ0) is 11.3. The number of hydrogen-bond acceptors (Lipinski definition) is 3. The van der Waals surface area contributed by atoms with E-state index < -0.39 is 0 Å². The van der Waals surface area contributed by atoms with Crippen LogP contribution in [0.2, 0.25) is 0 Å². The summed E-state index contributed by atoms with van der Waals surface area (Å²) < 4.78 is 0. The van der Waals surface area contributed by atoms with Crippen LogP contribution in [-0.2, 0) is 0 Å². The van der Waals surface area contributed by atoms with Crippen molar-refractivity contribution in [2.24, 2.45) is 5.92 Å². The molecule has 1 saturated carbocycles. The first-order valence-electron chi connectivity index (χ1n) is 6.03. The first-order valence-corrected chi connectivity index (χ1v) is 6.03. The minimum Gasteiger partial charge on any atom is -0.301 e. The average molecular weight is 209 g/mol. The summed E-state index contributed by atoms with van der Waals surface area (Å²) >= 11 is 0. The van der Waals surface area contributed by atoms with E-state index in [1.807, 2.05) is 0 Å². The van der Waals surface area contributed by atoms with Crippen LogP contribution >= 0.6 is 0 Å². The van der Waals surface area contributed by atoms with Crippen LogP contribution in [0.4, 0.5) is 0 Å². The Labute approximate surface area is 93.5 Å². The standard InChI is InChI=1S/C12H23N3/c1-4-15(8-11-5-6-11)9-12(7-13)14-10(2)3/h10-12,14H,4-6,8-9H2,1-3H3. The van der Waals surface area contributed by atoms with Crippen molar-refractivity contribution in [2.75, 3.05) is 19.6 Å². The molecule has 1 unspecified atom stereocenters. The Morgan fingerprint density at radius 3 is 2.53 bits per heavy atom. The Bertz CT molecular complexity index is 215. The highest BCUT2D eigenvalue weighted by Crippen LogP contribution is 2.29. The highest BCUT2D eigenvalue weighted by molar-refractivity contribution is 4.93. The molecule has 0 aliphatic heterocycles. The second-order valence-corrected chi connectivity index (χ2v) is 4.80. The van der Waals surface area contributed by atoms with Crippen molar-refractivity contribution in [2.45, 2.75) is 45.7 Å².